The minimum atomic E-state index is -0.312. The molecule has 2 aromatic rings. The van der Waals surface area contributed by atoms with Crippen molar-refractivity contribution in [3.63, 3.8) is 0 Å². The van der Waals surface area contributed by atoms with E-state index in [2.05, 4.69) is 40.2 Å². The maximum atomic E-state index is 10.2. The van der Waals surface area contributed by atoms with Gasteiger partial charge in [0.2, 0.25) is 0 Å². The standard InChI is InChI=1S/C15H21N3O/c1-15(2)9-13-12(14(19)10-15)3-5-18(13)8-7-17-6-4-16-11-17/h3-6,11,14,19H,7-10H2,1-2H3. The summed E-state index contributed by atoms with van der Waals surface area (Å²) in [5.41, 5.74) is 2.59. The highest BCUT2D eigenvalue weighted by Gasteiger charge is 2.32. The van der Waals surface area contributed by atoms with Gasteiger partial charge in [0.25, 0.3) is 0 Å². The van der Waals surface area contributed by atoms with Crippen molar-refractivity contribution >= 4 is 0 Å². The molecule has 4 heteroatoms. The summed E-state index contributed by atoms with van der Waals surface area (Å²) in [5, 5.41) is 10.2. The number of hydrogen-bond acceptors (Lipinski definition) is 2. The first-order valence-electron chi connectivity index (χ1n) is 6.87. The Morgan fingerprint density at radius 3 is 2.95 bits per heavy atom. The van der Waals surface area contributed by atoms with Crippen molar-refractivity contribution in [1.82, 2.24) is 14.1 Å². The van der Waals surface area contributed by atoms with Crippen LogP contribution >= 0.6 is 0 Å². The number of nitrogens with zero attached hydrogens (tertiary/aromatic N) is 3. The molecule has 0 amide bonds. The predicted molar refractivity (Wildman–Crippen MR) is 73.7 cm³/mol. The molecule has 0 bridgehead atoms. The van der Waals surface area contributed by atoms with E-state index in [0.717, 1.165) is 31.5 Å². The average molecular weight is 259 g/mol. The number of rotatable bonds is 3. The number of aryl methyl sites for hydroxylation is 2. The molecule has 0 aliphatic heterocycles. The summed E-state index contributed by atoms with van der Waals surface area (Å²) in [6.07, 6.45) is 9.31. The summed E-state index contributed by atoms with van der Waals surface area (Å²) < 4.78 is 4.36. The summed E-state index contributed by atoms with van der Waals surface area (Å²) in [6, 6.07) is 2.07. The summed E-state index contributed by atoms with van der Waals surface area (Å²) in [4.78, 5) is 4.06. The quantitative estimate of drug-likeness (QED) is 0.919. The molecule has 1 aliphatic carbocycles. The van der Waals surface area contributed by atoms with Crippen LogP contribution in [0.25, 0.3) is 0 Å². The Kier molecular flexibility index (Phi) is 2.97. The Morgan fingerprint density at radius 2 is 2.21 bits per heavy atom. The van der Waals surface area contributed by atoms with E-state index in [1.165, 1.54) is 5.69 Å². The molecule has 102 valence electrons. The van der Waals surface area contributed by atoms with Gasteiger partial charge in [-0.3, -0.25) is 0 Å². The third-order valence-electron chi connectivity index (χ3n) is 4.02. The van der Waals surface area contributed by atoms with Crippen LogP contribution in [0.15, 0.2) is 31.0 Å². The largest absolute Gasteiger partial charge is 0.388 e. The van der Waals surface area contributed by atoms with Gasteiger partial charge in [-0.2, -0.15) is 0 Å². The fourth-order valence-electron chi connectivity index (χ4n) is 3.04. The monoisotopic (exact) mass is 259 g/mol. The lowest BCUT2D eigenvalue weighted by molar-refractivity contribution is 0.0979. The first-order valence-corrected chi connectivity index (χ1v) is 6.87. The molecule has 0 fully saturated rings. The first-order chi connectivity index (χ1) is 9.05. The van der Waals surface area contributed by atoms with Gasteiger partial charge in [0, 0.05) is 42.9 Å². The van der Waals surface area contributed by atoms with E-state index in [0.29, 0.717) is 0 Å². The maximum Gasteiger partial charge on any atom is 0.0946 e. The van der Waals surface area contributed by atoms with Gasteiger partial charge in [0.15, 0.2) is 0 Å². The van der Waals surface area contributed by atoms with E-state index in [1.54, 1.807) is 6.20 Å². The van der Waals surface area contributed by atoms with E-state index in [9.17, 15) is 5.11 Å². The molecule has 4 nitrogen and oxygen atoms in total. The molecule has 0 spiro atoms. The Hall–Kier alpha value is -1.55. The van der Waals surface area contributed by atoms with E-state index in [1.807, 2.05) is 12.5 Å². The molecule has 1 N–H and O–H groups in total. The van der Waals surface area contributed by atoms with Gasteiger partial charge in [-0.25, -0.2) is 4.98 Å². The molecule has 1 atom stereocenters. The molecule has 19 heavy (non-hydrogen) atoms. The van der Waals surface area contributed by atoms with E-state index < -0.39 is 0 Å². The van der Waals surface area contributed by atoms with Gasteiger partial charge in [0.1, 0.15) is 0 Å². The summed E-state index contributed by atoms with van der Waals surface area (Å²) in [6.45, 7) is 6.30. The normalized spacial score (nSPS) is 21.3. The molecule has 0 saturated heterocycles. The van der Waals surface area contributed by atoms with Gasteiger partial charge in [-0.05, 0) is 24.3 Å². The minimum absolute atomic E-state index is 0.178. The van der Waals surface area contributed by atoms with Crippen LogP contribution in [0.3, 0.4) is 0 Å². The molecule has 1 unspecified atom stereocenters. The summed E-state index contributed by atoms with van der Waals surface area (Å²) >= 11 is 0. The zero-order valence-corrected chi connectivity index (χ0v) is 11.6. The summed E-state index contributed by atoms with van der Waals surface area (Å²) in [7, 11) is 0. The third-order valence-corrected chi connectivity index (χ3v) is 4.02. The fourth-order valence-corrected chi connectivity index (χ4v) is 3.04. The van der Waals surface area contributed by atoms with Gasteiger partial charge in [-0.1, -0.05) is 13.8 Å². The third kappa shape index (κ3) is 2.45. The van der Waals surface area contributed by atoms with Crippen LogP contribution in [-0.4, -0.2) is 19.2 Å². The second-order valence-corrected chi connectivity index (χ2v) is 6.27. The van der Waals surface area contributed by atoms with Crippen LogP contribution in [0.4, 0.5) is 0 Å². The number of aromatic nitrogens is 3. The molecule has 3 rings (SSSR count). The van der Waals surface area contributed by atoms with Gasteiger partial charge in [-0.15, -0.1) is 0 Å². The van der Waals surface area contributed by atoms with Gasteiger partial charge < -0.3 is 14.2 Å². The Labute approximate surface area is 113 Å². The topological polar surface area (TPSA) is 43.0 Å². The molecular formula is C15H21N3O. The molecular weight excluding hydrogens is 238 g/mol. The van der Waals surface area contributed by atoms with Crippen molar-refractivity contribution in [2.24, 2.45) is 5.41 Å². The van der Waals surface area contributed by atoms with Crippen LogP contribution in [0.1, 0.15) is 37.6 Å². The van der Waals surface area contributed by atoms with Gasteiger partial charge in [0.05, 0.1) is 12.4 Å². The highest BCUT2D eigenvalue weighted by atomic mass is 16.3. The van der Waals surface area contributed by atoms with E-state index in [4.69, 9.17) is 0 Å². The highest BCUT2D eigenvalue weighted by Crippen LogP contribution is 2.40. The lowest BCUT2D eigenvalue weighted by Gasteiger charge is -2.34. The molecule has 1 aliphatic rings. The van der Waals surface area contributed by atoms with Crippen molar-refractivity contribution in [1.29, 1.82) is 0 Å². The lowest BCUT2D eigenvalue weighted by Crippen LogP contribution is -2.27. The molecule has 0 aromatic carbocycles. The molecule has 0 saturated carbocycles. The number of aliphatic hydroxyl groups is 1. The van der Waals surface area contributed by atoms with Crippen molar-refractivity contribution in [3.05, 3.63) is 42.2 Å². The predicted octanol–water partition coefficient (Wildman–Crippen LogP) is 2.39. The Balaban J connectivity index is 1.80. The zero-order chi connectivity index (χ0) is 13.5. The zero-order valence-electron chi connectivity index (χ0n) is 11.6. The SMILES string of the molecule is CC1(C)Cc2c(ccn2CCn2ccnc2)C(O)C1. The molecule has 0 radical (unpaired) electrons. The molecule has 2 heterocycles. The van der Waals surface area contributed by atoms with Crippen LogP contribution in [-0.2, 0) is 19.5 Å². The fraction of sp³-hybridized carbons (Fsp3) is 0.533. The Bertz CT molecular complexity index is 554. The lowest BCUT2D eigenvalue weighted by atomic mass is 9.75. The average Bonchev–Trinajstić information content (AvgIpc) is 2.93. The van der Waals surface area contributed by atoms with Crippen LogP contribution < -0.4 is 0 Å². The first kappa shape index (κ1) is 12.5. The van der Waals surface area contributed by atoms with E-state index >= 15 is 0 Å². The smallest absolute Gasteiger partial charge is 0.0946 e. The maximum absolute atomic E-state index is 10.2. The number of aliphatic hydroxyl groups excluding tert-OH is 1. The van der Waals surface area contributed by atoms with Crippen LogP contribution in [0, 0.1) is 5.41 Å². The Morgan fingerprint density at radius 1 is 1.37 bits per heavy atom. The number of hydrogen-bond donors (Lipinski definition) is 1. The van der Waals surface area contributed by atoms with E-state index in [-0.39, 0.29) is 11.5 Å². The van der Waals surface area contributed by atoms with Crippen molar-refractivity contribution in [2.75, 3.05) is 0 Å². The van der Waals surface area contributed by atoms with Crippen LogP contribution in [0.5, 0.6) is 0 Å². The number of fused-ring (bicyclic) bond motifs is 1. The highest BCUT2D eigenvalue weighted by molar-refractivity contribution is 5.29. The number of imidazole rings is 1. The second-order valence-electron chi connectivity index (χ2n) is 6.27. The minimum Gasteiger partial charge on any atom is -0.388 e. The van der Waals surface area contributed by atoms with Gasteiger partial charge >= 0.3 is 0 Å². The second kappa shape index (κ2) is 4.53. The van der Waals surface area contributed by atoms with Crippen molar-refractivity contribution in [3.8, 4) is 0 Å². The van der Waals surface area contributed by atoms with Crippen molar-refractivity contribution < 1.29 is 5.11 Å². The molecule has 2 aromatic heterocycles. The van der Waals surface area contributed by atoms with Crippen LogP contribution in [0.2, 0.25) is 0 Å². The van der Waals surface area contributed by atoms with Crippen molar-refractivity contribution in [2.45, 2.75) is 45.9 Å². The summed E-state index contributed by atoms with van der Waals surface area (Å²) in [5.74, 6) is 0.